The van der Waals surface area contributed by atoms with Crippen LogP contribution in [0.3, 0.4) is 0 Å². The highest BCUT2D eigenvalue weighted by atomic mass is 35.5. The third kappa shape index (κ3) is 3.81. The third-order valence-electron chi connectivity index (χ3n) is 3.50. The largest absolute Gasteiger partial charge is 0.360 e. The molecule has 3 rings (SSSR count). The highest BCUT2D eigenvalue weighted by Gasteiger charge is 2.16. The Hall–Kier alpha value is -2.54. The quantitative estimate of drug-likeness (QED) is 0.877. The number of carbonyl (C=O) groups excluding carboxylic acids is 2. The van der Waals surface area contributed by atoms with Gasteiger partial charge in [-0.05, 0) is 17.7 Å². The van der Waals surface area contributed by atoms with Crippen LogP contribution in [0.25, 0.3) is 0 Å². The summed E-state index contributed by atoms with van der Waals surface area (Å²) in [5.41, 5.74) is 1.92. The van der Waals surface area contributed by atoms with E-state index in [2.05, 4.69) is 15.8 Å². The van der Waals surface area contributed by atoms with Crippen LogP contribution in [0, 0.1) is 0 Å². The average molecular weight is 335 g/mol. The predicted octanol–water partition coefficient (Wildman–Crippen LogP) is 1.19. The van der Waals surface area contributed by atoms with Crippen molar-refractivity contribution in [3.8, 4) is 0 Å². The van der Waals surface area contributed by atoms with Gasteiger partial charge in [0.1, 0.15) is 0 Å². The van der Waals surface area contributed by atoms with Crippen molar-refractivity contribution in [3.63, 3.8) is 0 Å². The summed E-state index contributed by atoms with van der Waals surface area (Å²) in [6.07, 6.45) is 0. The molecule has 0 bridgehead atoms. The molecule has 1 aromatic carbocycles. The smallest absolute Gasteiger partial charge is 0.290 e. The van der Waals surface area contributed by atoms with Crippen molar-refractivity contribution in [2.24, 2.45) is 0 Å². The van der Waals surface area contributed by atoms with E-state index in [0.717, 1.165) is 17.8 Å². The summed E-state index contributed by atoms with van der Waals surface area (Å²) < 4.78 is 4.78. The summed E-state index contributed by atoms with van der Waals surface area (Å²) in [4.78, 5) is 25.2. The summed E-state index contributed by atoms with van der Waals surface area (Å²) >= 11 is 5.61. The minimum atomic E-state index is -0.374. The van der Waals surface area contributed by atoms with Gasteiger partial charge in [0, 0.05) is 31.4 Å². The molecule has 0 aliphatic carbocycles. The molecule has 2 heterocycles. The number of halogens is 1. The number of hydrogen-bond donors (Lipinski definition) is 2. The lowest BCUT2D eigenvalue weighted by Gasteiger charge is -2.28. The van der Waals surface area contributed by atoms with E-state index in [4.69, 9.17) is 16.1 Å². The lowest BCUT2D eigenvalue weighted by molar-refractivity contribution is -0.120. The molecule has 1 aliphatic heterocycles. The molecule has 0 radical (unpaired) electrons. The number of nitrogens with zero attached hydrogens (tertiary/aromatic N) is 2. The van der Waals surface area contributed by atoms with Gasteiger partial charge in [0.05, 0.1) is 6.54 Å². The van der Waals surface area contributed by atoms with Gasteiger partial charge in [-0.15, -0.1) is 0 Å². The third-order valence-corrected chi connectivity index (χ3v) is 3.68. The Morgan fingerprint density at radius 2 is 2.17 bits per heavy atom. The zero-order chi connectivity index (χ0) is 16.2. The zero-order valence-corrected chi connectivity index (χ0v) is 13.0. The molecule has 0 unspecified atom stereocenters. The van der Waals surface area contributed by atoms with Crippen LogP contribution in [-0.4, -0.2) is 36.6 Å². The van der Waals surface area contributed by atoms with Crippen LogP contribution >= 0.6 is 11.6 Å². The van der Waals surface area contributed by atoms with Crippen LogP contribution in [0.2, 0.25) is 5.15 Å². The number of rotatable bonds is 4. The molecule has 1 aliphatic rings. The molecule has 8 heteroatoms. The Balaban J connectivity index is 1.57. The van der Waals surface area contributed by atoms with Crippen molar-refractivity contribution in [2.75, 3.05) is 24.5 Å². The van der Waals surface area contributed by atoms with Crippen LogP contribution in [0.5, 0.6) is 0 Å². The summed E-state index contributed by atoms with van der Waals surface area (Å²) in [7, 11) is 0. The van der Waals surface area contributed by atoms with Gasteiger partial charge in [0.2, 0.25) is 11.7 Å². The van der Waals surface area contributed by atoms with Gasteiger partial charge in [-0.25, -0.2) is 0 Å². The number of anilines is 1. The molecule has 1 fully saturated rings. The fraction of sp³-hybridized carbons (Fsp3) is 0.267. The van der Waals surface area contributed by atoms with Crippen molar-refractivity contribution in [2.45, 2.75) is 6.54 Å². The maximum atomic E-state index is 11.8. The molecular formula is C15H15ClN4O3. The highest BCUT2D eigenvalue weighted by molar-refractivity contribution is 6.29. The standard InChI is InChI=1S/C15H15ClN4O3/c16-13-7-12(23-19-13)15(22)18-8-10-1-3-11(4-2-10)20-6-5-17-14(21)9-20/h1-4,7H,5-6,8-9H2,(H,17,21)(H,18,22). The Bertz CT molecular complexity index is 714. The van der Waals surface area contributed by atoms with Crippen molar-refractivity contribution in [1.29, 1.82) is 0 Å². The average Bonchev–Trinajstić information content (AvgIpc) is 3.00. The monoisotopic (exact) mass is 334 g/mol. The van der Waals surface area contributed by atoms with Crippen molar-refractivity contribution < 1.29 is 14.1 Å². The van der Waals surface area contributed by atoms with E-state index in [-0.39, 0.29) is 22.7 Å². The SMILES string of the molecule is O=C1CN(c2ccc(CNC(=O)c3cc(Cl)no3)cc2)CCN1. The Labute approximate surface area is 137 Å². The number of nitrogens with one attached hydrogen (secondary N) is 2. The second kappa shape index (κ2) is 6.70. The van der Waals surface area contributed by atoms with Gasteiger partial charge in [0.25, 0.3) is 5.91 Å². The zero-order valence-electron chi connectivity index (χ0n) is 12.2. The first-order valence-corrected chi connectivity index (χ1v) is 7.50. The summed E-state index contributed by atoms with van der Waals surface area (Å²) in [6, 6.07) is 9.06. The van der Waals surface area contributed by atoms with Crippen LogP contribution in [0.15, 0.2) is 34.9 Å². The fourth-order valence-electron chi connectivity index (χ4n) is 2.31. The van der Waals surface area contributed by atoms with Gasteiger partial charge in [-0.1, -0.05) is 28.9 Å². The molecule has 0 saturated carbocycles. The minimum absolute atomic E-state index is 0.0262. The Morgan fingerprint density at radius 1 is 1.39 bits per heavy atom. The number of piperazine rings is 1. The molecule has 120 valence electrons. The summed E-state index contributed by atoms with van der Waals surface area (Å²) in [6.45, 7) is 2.16. The van der Waals surface area contributed by atoms with Crippen molar-refractivity contribution >= 4 is 29.1 Å². The van der Waals surface area contributed by atoms with Gasteiger partial charge in [-0.2, -0.15) is 0 Å². The fourth-order valence-corrected chi connectivity index (χ4v) is 2.45. The second-order valence-electron chi connectivity index (χ2n) is 5.13. The van der Waals surface area contributed by atoms with E-state index >= 15 is 0 Å². The first kappa shape index (κ1) is 15.4. The molecule has 0 spiro atoms. The summed E-state index contributed by atoms with van der Waals surface area (Å²) in [5, 5.41) is 9.11. The van der Waals surface area contributed by atoms with Crippen LogP contribution < -0.4 is 15.5 Å². The number of amides is 2. The molecule has 7 nitrogen and oxygen atoms in total. The van der Waals surface area contributed by atoms with E-state index in [1.54, 1.807) is 0 Å². The first-order valence-electron chi connectivity index (χ1n) is 7.13. The number of carbonyl (C=O) groups is 2. The number of hydrogen-bond acceptors (Lipinski definition) is 5. The second-order valence-corrected chi connectivity index (χ2v) is 5.52. The van der Waals surface area contributed by atoms with Gasteiger partial charge in [0.15, 0.2) is 5.15 Å². The molecule has 2 N–H and O–H groups in total. The normalized spacial score (nSPS) is 14.5. The van der Waals surface area contributed by atoms with E-state index in [1.165, 1.54) is 6.07 Å². The Morgan fingerprint density at radius 3 is 2.83 bits per heavy atom. The molecule has 0 atom stereocenters. The number of benzene rings is 1. The van der Waals surface area contributed by atoms with E-state index in [9.17, 15) is 9.59 Å². The van der Waals surface area contributed by atoms with Crippen LogP contribution in [-0.2, 0) is 11.3 Å². The molecule has 2 amide bonds. The summed E-state index contributed by atoms with van der Waals surface area (Å²) in [5.74, 6) is -0.273. The minimum Gasteiger partial charge on any atom is -0.360 e. The topological polar surface area (TPSA) is 87.5 Å². The molecular weight excluding hydrogens is 320 g/mol. The number of aromatic nitrogens is 1. The van der Waals surface area contributed by atoms with Gasteiger partial charge < -0.3 is 20.1 Å². The maximum absolute atomic E-state index is 11.8. The maximum Gasteiger partial charge on any atom is 0.290 e. The Kier molecular flexibility index (Phi) is 4.47. The lowest BCUT2D eigenvalue weighted by atomic mass is 10.2. The highest BCUT2D eigenvalue weighted by Crippen LogP contribution is 2.16. The first-order chi connectivity index (χ1) is 11.1. The molecule has 1 aromatic heterocycles. The van der Waals surface area contributed by atoms with Gasteiger partial charge in [-0.3, -0.25) is 9.59 Å². The predicted molar refractivity (Wildman–Crippen MR) is 84.3 cm³/mol. The van der Waals surface area contributed by atoms with Crippen molar-refractivity contribution in [3.05, 3.63) is 46.8 Å². The molecule has 23 heavy (non-hydrogen) atoms. The van der Waals surface area contributed by atoms with Crippen LogP contribution in [0.4, 0.5) is 5.69 Å². The van der Waals surface area contributed by atoms with E-state index < -0.39 is 0 Å². The van der Waals surface area contributed by atoms with Gasteiger partial charge >= 0.3 is 0 Å². The van der Waals surface area contributed by atoms with Crippen molar-refractivity contribution in [1.82, 2.24) is 15.8 Å². The van der Waals surface area contributed by atoms with E-state index in [0.29, 0.717) is 19.6 Å². The lowest BCUT2D eigenvalue weighted by Crippen LogP contribution is -2.47. The molecule has 1 saturated heterocycles. The van der Waals surface area contributed by atoms with Crippen LogP contribution in [0.1, 0.15) is 16.1 Å². The van der Waals surface area contributed by atoms with E-state index in [1.807, 2.05) is 29.2 Å². The molecule has 2 aromatic rings.